The van der Waals surface area contributed by atoms with Gasteiger partial charge in [-0.1, -0.05) is 23.2 Å². The number of hydrazone groups is 1. The van der Waals surface area contributed by atoms with Crippen LogP contribution in [0.25, 0.3) is 0 Å². The Balaban J connectivity index is 2.00. The second-order valence-electron chi connectivity index (χ2n) is 5.02. The first-order valence-electron chi connectivity index (χ1n) is 6.99. The number of rotatable bonds is 6. The van der Waals surface area contributed by atoms with Crippen molar-refractivity contribution in [2.24, 2.45) is 5.10 Å². The van der Waals surface area contributed by atoms with E-state index in [0.717, 1.165) is 17.6 Å². The normalized spacial score (nSPS) is 12.3. The molecule has 2 aromatic heterocycles. The molecule has 0 atom stereocenters. The van der Waals surface area contributed by atoms with Crippen LogP contribution < -0.4 is 5.43 Å². The van der Waals surface area contributed by atoms with Gasteiger partial charge in [0.25, 0.3) is 0 Å². The number of aryl methyl sites for hydroxylation is 2. The lowest BCUT2D eigenvalue weighted by atomic mass is 10.4. The monoisotopic (exact) mass is 384 g/mol. The van der Waals surface area contributed by atoms with Gasteiger partial charge in [0.2, 0.25) is 0 Å². The predicted molar refractivity (Wildman–Crippen MR) is 91.8 cm³/mol. The van der Waals surface area contributed by atoms with Crippen LogP contribution >= 0.6 is 23.2 Å². The largest absolute Gasteiger partial charge is 0.477 e. The summed E-state index contributed by atoms with van der Waals surface area (Å²) < 4.78 is 7.20. The average molecular weight is 385 g/mol. The number of aromatic nitrogens is 2. The van der Waals surface area contributed by atoms with Gasteiger partial charge >= 0.3 is 11.9 Å². The number of hydrogen-bond acceptors (Lipinski definition) is 5. The van der Waals surface area contributed by atoms with Crippen molar-refractivity contribution in [1.82, 2.24) is 15.2 Å². The Kier molecular flexibility index (Phi) is 6.00. The first-order chi connectivity index (χ1) is 11.8. The van der Waals surface area contributed by atoms with E-state index in [4.69, 9.17) is 32.7 Å². The lowest BCUT2D eigenvalue weighted by molar-refractivity contribution is -0.131. The summed E-state index contributed by atoms with van der Waals surface area (Å²) in [5, 5.41) is 15.5. The van der Waals surface area contributed by atoms with Crippen molar-refractivity contribution in [2.45, 2.75) is 20.4 Å². The summed E-state index contributed by atoms with van der Waals surface area (Å²) in [5.41, 5.74) is 4.02. The molecule has 10 heteroatoms. The molecule has 0 aromatic carbocycles. The fourth-order valence-electron chi connectivity index (χ4n) is 1.93. The van der Waals surface area contributed by atoms with Crippen molar-refractivity contribution in [3.05, 3.63) is 51.2 Å². The summed E-state index contributed by atoms with van der Waals surface area (Å²) in [6, 6.07) is 5.08. The molecule has 2 rings (SSSR count). The number of aliphatic carboxylic acids is 1. The van der Waals surface area contributed by atoms with Crippen LogP contribution in [-0.2, 0) is 11.3 Å². The number of carbonyl (C=O) groups is 2. The number of halogens is 2. The van der Waals surface area contributed by atoms with E-state index in [1.807, 2.05) is 19.9 Å². The standard InChI is InChI=1S/C15H14Cl2N4O4/c1-8-5-9(2)21(20-8)7-10-3-4-12(25-10)14(22)19-18-6-11(16)13(17)15(23)24/h3-6H,7H2,1-2H3,(H,19,22)(H,23,24). The minimum atomic E-state index is -1.40. The van der Waals surface area contributed by atoms with E-state index in [2.05, 4.69) is 15.6 Å². The van der Waals surface area contributed by atoms with E-state index in [1.54, 1.807) is 10.7 Å². The van der Waals surface area contributed by atoms with E-state index < -0.39 is 16.9 Å². The fraction of sp³-hybridized carbons (Fsp3) is 0.200. The zero-order chi connectivity index (χ0) is 18.6. The molecule has 132 valence electrons. The highest BCUT2D eigenvalue weighted by Crippen LogP contribution is 2.13. The lowest BCUT2D eigenvalue weighted by Gasteiger charge is -2.01. The van der Waals surface area contributed by atoms with Crippen LogP contribution in [0.3, 0.4) is 0 Å². The Bertz CT molecular complexity index is 867. The maximum atomic E-state index is 11.9. The Morgan fingerprint density at radius 2 is 2.12 bits per heavy atom. The number of nitrogens with zero attached hydrogens (tertiary/aromatic N) is 3. The molecule has 2 heterocycles. The number of carboxylic acid groups (broad SMARTS) is 1. The first-order valence-corrected chi connectivity index (χ1v) is 7.75. The number of nitrogens with one attached hydrogen (secondary N) is 1. The van der Waals surface area contributed by atoms with Crippen LogP contribution in [0.5, 0.6) is 0 Å². The third-order valence-corrected chi connectivity index (χ3v) is 3.78. The minimum Gasteiger partial charge on any atom is -0.477 e. The minimum absolute atomic E-state index is 0.0399. The molecule has 0 aliphatic heterocycles. The molecular formula is C15H14Cl2N4O4. The maximum Gasteiger partial charge on any atom is 0.348 e. The fourth-order valence-corrected chi connectivity index (χ4v) is 2.11. The van der Waals surface area contributed by atoms with Crippen LogP contribution in [0.1, 0.15) is 27.7 Å². The molecule has 0 fully saturated rings. The van der Waals surface area contributed by atoms with Gasteiger partial charge in [0.15, 0.2) is 5.76 Å². The van der Waals surface area contributed by atoms with Crippen LogP contribution in [0.4, 0.5) is 0 Å². The van der Waals surface area contributed by atoms with Gasteiger partial charge < -0.3 is 9.52 Å². The summed E-state index contributed by atoms with van der Waals surface area (Å²) in [4.78, 5) is 22.5. The van der Waals surface area contributed by atoms with Crippen molar-refractivity contribution in [3.63, 3.8) is 0 Å². The highest BCUT2D eigenvalue weighted by molar-refractivity contribution is 6.51. The molecule has 2 N–H and O–H groups in total. The second kappa shape index (κ2) is 8.00. The molecule has 0 saturated heterocycles. The van der Waals surface area contributed by atoms with E-state index in [9.17, 15) is 9.59 Å². The van der Waals surface area contributed by atoms with Crippen molar-refractivity contribution in [2.75, 3.05) is 0 Å². The quantitative estimate of drug-likeness (QED) is 0.451. The molecule has 0 saturated carbocycles. The van der Waals surface area contributed by atoms with Crippen molar-refractivity contribution in [3.8, 4) is 0 Å². The third kappa shape index (κ3) is 4.94. The van der Waals surface area contributed by atoms with Gasteiger partial charge in [-0.3, -0.25) is 9.48 Å². The van der Waals surface area contributed by atoms with Gasteiger partial charge in [-0.05, 0) is 32.0 Å². The Labute approximate surface area is 152 Å². The molecule has 8 nitrogen and oxygen atoms in total. The molecule has 0 spiro atoms. The second-order valence-corrected chi connectivity index (χ2v) is 5.80. The summed E-state index contributed by atoms with van der Waals surface area (Å²) >= 11 is 11.0. The average Bonchev–Trinajstić information content (AvgIpc) is 3.13. The van der Waals surface area contributed by atoms with Crippen LogP contribution in [0, 0.1) is 13.8 Å². The highest BCUT2D eigenvalue weighted by atomic mass is 35.5. The molecule has 1 amide bonds. The highest BCUT2D eigenvalue weighted by Gasteiger charge is 2.12. The number of amides is 1. The molecule has 0 unspecified atom stereocenters. The van der Waals surface area contributed by atoms with Crippen LogP contribution in [0.2, 0.25) is 0 Å². The number of hydrogen-bond donors (Lipinski definition) is 2. The predicted octanol–water partition coefficient (Wildman–Crippen LogP) is 2.63. The molecule has 0 aliphatic rings. The van der Waals surface area contributed by atoms with Gasteiger partial charge in [0.1, 0.15) is 10.8 Å². The third-order valence-electron chi connectivity index (χ3n) is 3.04. The Hall–Kier alpha value is -2.58. The molecule has 0 radical (unpaired) electrons. The summed E-state index contributed by atoms with van der Waals surface area (Å²) in [6.07, 6.45) is 0.912. The van der Waals surface area contributed by atoms with Crippen LogP contribution in [-0.4, -0.2) is 33.0 Å². The molecule has 0 bridgehead atoms. The topological polar surface area (TPSA) is 110 Å². The van der Waals surface area contributed by atoms with Crippen molar-refractivity contribution < 1.29 is 19.1 Å². The SMILES string of the molecule is Cc1cc(C)n(Cc2ccc(C(=O)NN=CC(Cl)=C(Cl)C(=O)O)o2)n1. The van der Waals surface area contributed by atoms with Gasteiger partial charge in [-0.25, -0.2) is 10.2 Å². The lowest BCUT2D eigenvalue weighted by Crippen LogP contribution is -2.17. The van der Waals surface area contributed by atoms with Gasteiger partial charge in [0.05, 0.1) is 23.5 Å². The number of carbonyl (C=O) groups excluding carboxylic acids is 1. The zero-order valence-electron chi connectivity index (χ0n) is 13.3. The number of carboxylic acids is 1. The maximum absolute atomic E-state index is 11.9. The number of allylic oxidation sites excluding steroid dienone is 1. The van der Waals surface area contributed by atoms with E-state index >= 15 is 0 Å². The summed E-state index contributed by atoms with van der Waals surface area (Å²) in [5.74, 6) is -1.43. The van der Waals surface area contributed by atoms with Crippen molar-refractivity contribution >= 4 is 41.3 Å². The van der Waals surface area contributed by atoms with E-state index in [-0.39, 0.29) is 10.8 Å². The van der Waals surface area contributed by atoms with E-state index in [0.29, 0.717) is 12.3 Å². The van der Waals surface area contributed by atoms with E-state index in [1.165, 1.54) is 6.07 Å². The van der Waals surface area contributed by atoms with Gasteiger partial charge in [-0.2, -0.15) is 10.2 Å². The molecule has 2 aromatic rings. The first kappa shape index (κ1) is 18.8. The molecular weight excluding hydrogens is 371 g/mol. The van der Waals surface area contributed by atoms with Gasteiger partial charge in [-0.15, -0.1) is 0 Å². The van der Waals surface area contributed by atoms with Crippen molar-refractivity contribution in [1.29, 1.82) is 0 Å². The Morgan fingerprint density at radius 1 is 1.40 bits per heavy atom. The summed E-state index contributed by atoms with van der Waals surface area (Å²) in [7, 11) is 0. The Morgan fingerprint density at radius 3 is 2.72 bits per heavy atom. The van der Waals surface area contributed by atoms with Gasteiger partial charge in [0, 0.05) is 5.69 Å². The number of furan rings is 1. The zero-order valence-corrected chi connectivity index (χ0v) is 14.8. The summed E-state index contributed by atoms with van der Waals surface area (Å²) in [6.45, 7) is 4.20. The van der Waals surface area contributed by atoms with Crippen LogP contribution in [0.15, 0.2) is 37.8 Å². The molecule has 25 heavy (non-hydrogen) atoms. The smallest absolute Gasteiger partial charge is 0.348 e. The molecule has 0 aliphatic carbocycles.